The molecule has 9 heteroatoms. The van der Waals surface area contributed by atoms with Gasteiger partial charge in [0, 0.05) is 10.8 Å². The Morgan fingerprint density at radius 2 is 0.520 bits per heavy atom. The Kier molecular flexibility index (Phi) is 31.5. The first-order valence-corrected chi connectivity index (χ1v) is 32.6. The number of fused-ring (bicyclic) bond motifs is 4. The minimum atomic E-state index is -4.55. The molecule has 0 aliphatic heterocycles. The van der Waals surface area contributed by atoms with E-state index in [-0.39, 0.29) is 26.9 Å². The van der Waals surface area contributed by atoms with Gasteiger partial charge in [0.25, 0.3) is 0 Å². The first kappa shape index (κ1) is 64.2. The van der Waals surface area contributed by atoms with Crippen LogP contribution in [0, 0.1) is 0 Å². The zero-order valence-electron chi connectivity index (χ0n) is 46.3. The normalized spacial score (nSPS) is 11.9. The molecule has 0 aliphatic rings. The number of benzene rings is 6. The van der Waals surface area contributed by atoms with Gasteiger partial charge >= 0.3 is 17.1 Å². The van der Waals surface area contributed by atoms with Crippen molar-refractivity contribution < 1.29 is 43.0 Å². The first-order chi connectivity index (χ1) is 36.0. The van der Waals surface area contributed by atoms with Crippen molar-refractivity contribution in [3.63, 3.8) is 0 Å². The predicted octanol–water partition coefficient (Wildman–Crippen LogP) is 20.2. The fourth-order valence-corrected chi connectivity index (χ4v) is 13.0. The molecule has 0 bridgehead atoms. The molecule has 0 atom stereocenters. The summed E-state index contributed by atoms with van der Waals surface area (Å²) < 4.78 is 73.4. The molecule has 6 aromatic carbocycles. The summed E-state index contributed by atoms with van der Waals surface area (Å²) in [6.45, 7) is 4.55. The van der Waals surface area contributed by atoms with Crippen LogP contribution in [0.5, 0.6) is 0 Å². The summed E-state index contributed by atoms with van der Waals surface area (Å²) in [5.74, 6) is 0. The molecule has 0 saturated carbocycles. The first-order valence-electron chi connectivity index (χ1n) is 29.8. The summed E-state index contributed by atoms with van der Waals surface area (Å²) in [6.07, 6.45) is 46.0. The number of hydrogen-bond acceptors (Lipinski definition) is 6. The van der Waals surface area contributed by atoms with Crippen LogP contribution in [0.2, 0.25) is 0 Å². The Bertz CT molecular complexity index is 2560. The van der Waals surface area contributed by atoms with Crippen molar-refractivity contribution in [3.05, 3.63) is 108 Å². The quantitative estimate of drug-likeness (QED) is 0.0165. The van der Waals surface area contributed by atoms with E-state index in [2.05, 4.69) is 13.8 Å². The SMILES string of the molecule is CCCCCCCCCCCCCCCCCCCc1ccc2cc3ccccc3cc2c1S(=O)(=O)[O-].CCCCCCCCCCCCCCCCCCCc1ccc2cc3ccccc3cc2c1S(=O)(=O)[O-].[Mn+2]. The topological polar surface area (TPSA) is 114 Å². The van der Waals surface area contributed by atoms with Crippen LogP contribution in [0.1, 0.15) is 243 Å². The Balaban J connectivity index is 0.000000320. The molecule has 0 N–H and O–H groups in total. The minimum Gasteiger partial charge on any atom is -0.744 e. The van der Waals surface area contributed by atoms with E-state index in [1.54, 1.807) is 0 Å². The van der Waals surface area contributed by atoms with Crippen LogP contribution in [0.25, 0.3) is 43.1 Å². The minimum absolute atomic E-state index is 0. The molecule has 1 radical (unpaired) electrons. The van der Waals surface area contributed by atoms with Crippen LogP contribution in [0.3, 0.4) is 0 Å². The molecule has 0 unspecified atom stereocenters. The van der Waals surface area contributed by atoms with Crippen molar-refractivity contribution >= 4 is 63.3 Å². The summed E-state index contributed by atoms with van der Waals surface area (Å²) in [7, 11) is -9.10. The van der Waals surface area contributed by atoms with E-state index in [9.17, 15) is 25.9 Å². The van der Waals surface area contributed by atoms with Gasteiger partial charge < -0.3 is 9.11 Å². The zero-order valence-corrected chi connectivity index (χ0v) is 49.2. The number of rotatable bonds is 38. The van der Waals surface area contributed by atoms with Gasteiger partial charge in [0.1, 0.15) is 20.2 Å². The van der Waals surface area contributed by atoms with Gasteiger partial charge in [-0.25, -0.2) is 16.8 Å². The molecule has 0 heterocycles. The third kappa shape index (κ3) is 23.7. The molecule has 75 heavy (non-hydrogen) atoms. The van der Waals surface area contributed by atoms with Gasteiger partial charge in [-0.2, -0.15) is 0 Å². The Morgan fingerprint density at radius 3 is 0.760 bits per heavy atom. The van der Waals surface area contributed by atoms with E-state index < -0.39 is 20.2 Å². The second-order valence-corrected chi connectivity index (χ2v) is 24.3. The van der Waals surface area contributed by atoms with E-state index in [1.807, 2.05) is 97.1 Å². The molecule has 0 saturated heterocycles. The average Bonchev–Trinajstić information content (AvgIpc) is 3.38. The van der Waals surface area contributed by atoms with Crippen molar-refractivity contribution in [1.29, 1.82) is 0 Å². The summed E-state index contributed by atoms with van der Waals surface area (Å²) in [5.41, 5.74) is 1.33. The molecule has 0 aromatic heterocycles. The van der Waals surface area contributed by atoms with Crippen molar-refractivity contribution in [2.75, 3.05) is 0 Å². The molecular formula is C66H94MnO6S2. The molecule has 0 spiro atoms. The van der Waals surface area contributed by atoms with E-state index in [0.717, 1.165) is 58.0 Å². The standard InChI is InChI=1S/2C33H48O3S.Mn/c2*1-2-3-4-5-6-7-8-9-10-11-12-13-14-15-16-17-18-21-28-24-25-31-26-29-22-19-20-23-30(29)27-32(31)33(28)37(34,35)36;/h2*19-20,22-27H,2-18,21H2,1H3,(H,34,35,36);/q;;+2/p-2. The third-order valence-electron chi connectivity index (χ3n) is 15.4. The van der Waals surface area contributed by atoms with Gasteiger partial charge in [-0.15, -0.1) is 0 Å². The van der Waals surface area contributed by atoms with Crippen LogP contribution in [0.15, 0.2) is 107 Å². The van der Waals surface area contributed by atoms with Crippen molar-refractivity contribution in [1.82, 2.24) is 0 Å². The smallest absolute Gasteiger partial charge is 0.744 e. The fourth-order valence-electron chi connectivity index (χ4n) is 11.1. The maximum Gasteiger partial charge on any atom is 2.00 e. The van der Waals surface area contributed by atoms with Crippen molar-refractivity contribution in [2.24, 2.45) is 0 Å². The van der Waals surface area contributed by atoms with Gasteiger partial charge in [0.05, 0.1) is 9.79 Å². The maximum atomic E-state index is 12.2. The molecule has 413 valence electrons. The van der Waals surface area contributed by atoms with Gasteiger partial charge in [0.2, 0.25) is 0 Å². The van der Waals surface area contributed by atoms with Crippen LogP contribution >= 0.6 is 0 Å². The van der Waals surface area contributed by atoms with Gasteiger partial charge in [-0.1, -0.05) is 292 Å². The number of hydrogen-bond donors (Lipinski definition) is 0. The third-order valence-corrected chi connectivity index (χ3v) is 17.4. The molecule has 6 aromatic rings. The molecule has 6 rings (SSSR count). The van der Waals surface area contributed by atoms with Gasteiger partial charge in [0.15, 0.2) is 0 Å². The largest absolute Gasteiger partial charge is 2.00 e. The summed E-state index contributed by atoms with van der Waals surface area (Å²) in [6, 6.07) is 31.0. The molecule has 0 fully saturated rings. The van der Waals surface area contributed by atoms with Gasteiger partial charge in [-0.05, 0) is 93.4 Å². The predicted molar refractivity (Wildman–Crippen MR) is 315 cm³/mol. The Labute approximate surface area is 466 Å². The number of aryl methyl sites for hydroxylation is 2. The summed E-state index contributed by atoms with van der Waals surface area (Å²) in [5, 5.41) is 6.72. The van der Waals surface area contributed by atoms with Crippen molar-refractivity contribution in [2.45, 2.75) is 255 Å². The van der Waals surface area contributed by atoms with E-state index in [0.29, 0.717) is 34.7 Å². The maximum absolute atomic E-state index is 12.2. The van der Waals surface area contributed by atoms with E-state index in [4.69, 9.17) is 0 Å². The Hall–Kier alpha value is -3.30. The summed E-state index contributed by atoms with van der Waals surface area (Å²) >= 11 is 0. The monoisotopic (exact) mass is 1100 g/mol. The average molecular weight is 1100 g/mol. The van der Waals surface area contributed by atoms with Crippen LogP contribution in [0.4, 0.5) is 0 Å². The molecular weight excluding hydrogens is 1010 g/mol. The van der Waals surface area contributed by atoms with E-state index >= 15 is 0 Å². The molecule has 6 nitrogen and oxygen atoms in total. The van der Waals surface area contributed by atoms with Crippen LogP contribution in [-0.4, -0.2) is 25.9 Å². The van der Waals surface area contributed by atoms with Crippen molar-refractivity contribution in [3.8, 4) is 0 Å². The second-order valence-electron chi connectivity index (χ2n) is 21.7. The molecule has 0 aliphatic carbocycles. The van der Waals surface area contributed by atoms with Gasteiger partial charge in [-0.3, -0.25) is 0 Å². The summed E-state index contributed by atoms with van der Waals surface area (Å²) in [4.78, 5) is -0.0421. The number of unbranched alkanes of at least 4 members (excludes halogenated alkanes) is 32. The molecule has 0 amide bonds. The van der Waals surface area contributed by atoms with Crippen LogP contribution < -0.4 is 0 Å². The zero-order chi connectivity index (χ0) is 52.7. The Morgan fingerprint density at radius 1 is 0.293 bits per heavy atom. The van der Waals surface area contributed by atoms with Crippen LogP contribution in [-0.2, 0) is 50.1 Å². The second kappa shape index (κ2) is 36.7. The van der Waals surface area contributed by atoms with E-state index in [1.165, 1.54) is 193 Å². The fraction of sp³-hybridized carbons (Fsp3) is 0.576.